The van der Waals surface area contributed by atoms with E-state index in [2.05, 4.69) is 11.7 Å². The maximum absolute atomic E-state index is 10.7. The molecule has 81 valence electrons. The van der Waals surface area contributed by atoms with Crippen molar-refractivity contribution < 1.29 is 52.1 Å². The average Bonchev–Trinajstić information content (AvgIpc) is 1.99. The molecule has 0 rings (SSSR count). The maximum atomic E-state index is 10.7. The third kappa shape index (κ3) is 6.38. The number of carbonyl (C=O) groups is 2. The van der Waals surface area contributed by atoms with Gasteiger partial charge in [-0.05, 0) is 13.3 Å². The van der Waals surface area contributed by atoms with Crippen LogP contribution in [-0.4, -0.2) is 23.7 Å². The van der Waals surface area contributed by atoms with Crippen LogP contribution in [0.15, 0.2) is 0 Å². The fourth-order valence-electron chi connectivity index (χ4n) is 0.555. The average molecular weight is 277 g/mol. The van der Waals surface area contributed by atoms with E-state index in [0.717, 1.165) is 0 Å². The predicted octanol–water partition coefficient (Wildman–Crippen LogP) is 1.31. The van der Waals surface area contributed by atoms with Crippen LogP contribution in [-0.2, 0) is 47.0 Å². The Morgan fingerprint density at radius 2 is 1.93 bits per heavy atom. The number of esters is 1. The maximum Gasteiger partial charge on any atom is 0.312 e. The van der Waals surface area contributed by atoms with Crippen LogP contribution in [0.4, 0.5) is 0 Å². The van der Waals surface area contributed by atoms with Crippen molar-refractivity contribution in [1.82, 2.24) is 0 Å². The Labute approximate surface area is 110 Å². The molecule has 0 aliphatic carbocycles. The second kappa shape index (κ2) is 8.24. The summed E-state index contributed by atoms with van der Waals surface area (Å²) >= 11 is 0. The summed E-state index contributed by atoms with van der Waals surface area (Å²) in [6.45, 7) is 6.11. The first-order valence-corrected chi connectivity index (χ1v) is 3.64. The number of hydrogen-bond donors (Lipinski definition) is 1. The first-order chi connectivity index (χ1) is 5.42. The summed E-state index contributed by atoms with van der Waals surface area (Å²) in [5, 5.41) is 8.73. The zero-order chi connectivity index (χ0) is 9.78. The number of aliphatic carboxylic acids is 1. The van der Waals surface area contributed by atoms with Crippen LogP contribution >= 0.6 is 0 Å². The minimum Gasteiger partial charge on any atom is -0.487 e. The van der Waals surface area contributed by atoms with Crippen LogP contribution in [0.25, 0.3) is 0 Å². The normalized spacial score (nSPS) is 12.7. The molecule has 0 fully saturated rings. The molecule has 4 nitrogen and oxygen atoms in total. The summed E-state index contributed by atoms with van der Waals surface area (Å²) in [5.74, 6) is -1.66. The molecule has 0 saturated carbocycles. The Balaban J connectivity index is -0.000000605. The SMILES string of the molecule is [CH2-]C(=O)OC[C@](C)(CC)C(=O)O.[CH3-].[Y]. The Bertz CT molecular complexity index is 193. The quantitative estimate of drug-likeness (QED) is 0.621. The van der Waals surface area contributed by atoms with Gasteiger partial charge in [0.25, 0.3) is 0 Å². The molecule has 1 N–H and O–H groups in total. The van der Waals surface area contributed by atoms with E-state index in [1.54, 1.807) is 6.92 Å². The van der Waals surface area contributed by atoms with Gasteiger partial charge in [0.1, 0.15) is 6.61 Å². The van der Waals surface area contributed by atoms with E-state index < -0.39 is 17.4 Å². The zero-order valence-electron chi connectivity index (χ0n) is 8.87. The zero-order valence-corrected chi connectivity index (χ0v) is 11.7. The van der Waals surface area contributed by atoms with E-state index in [1.807, 2.05) is 0 Å². The molecule has 0 unspecified atom stereocenters. The van der Waals surface area contributed by atoms with E-state index in [1.165, 1.54) is 6.92 Å². The van der Waals surface area contributed by atoms with Crippen molar-refractivity contribution >= 4 is 11.9 Å². The molecular weight excluding hydrogens is 261 g/mol. The van der Waals surface area contributed by atoms with Crippen LogP contribution in [0.2, 0.25) is 0 Å². The molecule has 5 heteroatoms. The third-order valence-electron chi connectivity index (χ3n) is 1.85. The molecule has 1 radical (unpaired) electrons. The number of carboxylic acids is 1. The minimum absolute atomic E-state index is 0. The molecule has 0 heterocycles. The van der Waals surface area contributed by atoms with Crippen LogP contribution in [0.3, 0.4) is 0 Å². The molecule has 0 aromatic heterocycles. The minimum atomic E-state index is -0.993. The van der Waals surface area contributed by atoms with E-state index in [9.17, 15) is 9.59 Å². The van der Waals surface area contributed by atoms with Crippen molar-refractivity contribution in [1.29, 1.82) is 0 Å². The van der Waals surface area contributed by atoms with E-state index in [-0.39, 0.29) is 46.7 Å². The molecule has 0 spiro atoms. The number of hydrogen-bond acceptors (Lipinski definition) is 3. The van der Waals surface area contributed by atoms with Gasteiger partial charge < -0.3 is 17.3 Å². The van der Waals surface area contributed by atoms with E-state index in [4.69, 9.17) is 5.11 Å². The smallest absolute Gasteiger partial charge is 0.312 e. The van der Waals surface area contributed by atoms with Crippen molar-refractivity contribution in [3.63, 3.8) is 0 Å². The first-order valence-electron chi connectivity index (χ1n) is 3.64. The fourth-order valence-corrected chi connectivity index (χ4v) is 0.555. The van der Waals surface area contributed by atoms with Crippen molar-refractivity contribution in [2.45, 2.75) is 20.3 Å². The molecule has 0 aliphatic rings. The van der Waals surface area contributed by atoms with Crippen LogP contribution in [0, 0.1) is 19.8 Å². The van der Waals surface area contributed by atoms with Gasteiger partial charge in [-0.3, -0.25) is 16.5 Å². The van der Waals surface area contributed by atoms with Gasteiger partial charge in [-0.25, -0.2) is 0 Å². The van der Waals surface area contributed by atoms with Gasteiger partial charge in [0.05, 0.1) is 5.41 Å². The number of carbonyl (C=O) groups excluding carboxylic acids is 1. The standard InChI is InChI=1S/C8H13O4.CH3.Y/c1-4-8(3,7(10)11)5-12-6(2)9;;/h2,4-5H2,1,3H3,(H,10,11);1H3;/q2*-1;/t8-;;/m0../s1. The van der Waals surface area contributed by atoms with Crippen molar-refractivity contribution in [2.75, 3.05) is 6.61 Å². The molecule has 14 heavy (non-hydrogen) atoms. The van der Waals surface area contributed by atoms with Crippen LogP contribution in [0.5, 0.6) is 0 Å². The molecule has 0 aliphatic heterocycles. The van der Waals surface area contributed by atoms with Gasteiger partial charge in [0.2, 0.25) is 0 Å². The summed E-state index contributed by atoms with van der Waals surface area (Å²) in [6.07, 6.45) is 0.412. The molecule has 0 aromatic rings. The number of rotatable bonds is 4. The summed E-state index contributed by atoms with van der Waals surface area (Å²) < 4.78 is 4.53. The van der Waals surface area contributed by atoms with Gasteiger partial charge in [-0.1, -0.05) is 6.92 Å². The van der Waals surface area contributed by atoms with Crippen LogP contribution < -0.4 is 0 Å². The molecule has 0 bridgehead atoms. The van der Waals surface area contributed by atoms with Crippen molar-refractivity contribution in [3.8, 4) is 0 Å². The van der Waals surface area contributed by atoms with Gasteiger partial charge >= 0.3 is 5.97 Å². The van der Waals surface area contributed by atoms with Gasteiger partial charge in [0, 0.05) is 32.7 Å². The summed E-state index contributed by atoms with van der Waals surface area (Å²) in [7, 11) is 0. The Kier molecular flexibility index (Phi) is 11.5. The number of ether oxygens (including phenoxy) is 1. The second-order valence-electron chi connectivity index (χ2n) is 2.88. The summed E-state index contributed by atoms with van der Waals surface area (Å²) in [6, 6.07) is 0. The summed E-state index contributed by atoms with van der Waals surface area (Å²) in [4.78, 5) is 21.0. The Morgan fingerprint density at radius 1 is 1.50 bits per heavy atom. The van der Waals surface area contributed by atoms with Gasteiger partial charge in [0.15, 0.2) is 5.97 Å². The molecule has 0 aromatic carbocycles. The van der Waals surface area contributed by atoms with Crippen molar-refractivity contribution in [3.05, 3.63) is 14.4 Å². The Morgan fingerprint density at radius 3 is 2.14 bits per heavy atom. The largest absolute Gasteiger partial charge is 0.487 e. The molecular formula is C9H16O4Y-2. The topological polar surface area (TPSA) is 63.6 Å². The molecule has 1 atom stereocenters. The molecule has 0 saturated heterocycles. The predicted molar refractivity (Wildman–Crippen MR) is 48.8 cm³/mol. The van der Waals surface area contributed by atoms with Gasteiger partial charge in [-0.2, -0.15) is 0 Å². The van der Waals surface area contributed by atoms with Gasteiger partial charge in [-0.15, -0.1) is 0 Å². The number of carboxylic acid groups (broad SMARTS) is 1. The fraction of sp³-hybridized carbons (Fsp3) is 0.556. The molecule has 0 amide bonds. The Hall–Kier alpha value is -0.0861. The summed E-state index contributed by atoms with van der Waals surface area (Å²) in [5.41, 5.74) is -0.993. The van der Waals surface area contributed by atoms with E-state index in [0.29, 0.717) is 6.42 Å². The first kappa shape index (κ1) is 19.5. The van der Waals surface area contributed by atoms with E-state index >= 15 is 0 Å². The third-order valence-corrected chi connectivity index (χ3v) is 1.85. The van der Waals surface area contributed by atoms with Crippen LogP contribution in [0.1, 0.15) is 20.3 Å². The monoisotopic (exact) mass is 277 g/mol. The second-order valence-corrected chi connectivity index (χ2v) is 2.88. The van der Waals surface area contributed by atoms with Crippen molar-refractivity contribution in [2.24, 2.45) is 5.41 Å².